The molecule has 0 aromatic rings. The van der Waals surface area contributed by atoms with Gasteiger partial charge in [-0.2, -0.15) is 0 Å². The molecule has 0 radical (unpaired) electrons. The smallest absolute Gasteiger partial charge is 0 e. The Morgan fingerprint density at radius 1 is 1.00 bits per heavy atom. The van der Waals surface area contributed by atoms with E-state index in [1.165, 1.54) is 0 Å². The Morgan fingerprint density at radius 3 is 1.00 bits per heavy atom. The molecule has 0 aromatic carbocycles. The van der Waals surface area contributed by atoms with Crippen molar-refractivity contribution >= 4 is 0 Å². The van der Waals surface area contributed by atoms with Crippen molar-refractivity contribution in [2.75, 3.05) is 21.1 Å². The maximum Gasteiger partial charge on any atom is 0 e. The zero-order valence-electron chi connectivity index (χ0n) is 4.15. The summed E-state index contributed by atoms with van der Waals surface area (Å²) in [6.07, 6.45) is 0. The quantitative estimate of drug-likeness (QED) is 0.470. The largest absolute Gasteiger partial charge is 0.312 e. The van der Waals surface area contributed by atoms with Crippen LogP contribution in [0.5, 0.6) is 0 Å². The van der Waals surface area contributed by atoms with Gasteiger partial charge in [-0.3, -0.25) is 0 Å². The Kier molecular flexibility index (Phi) is 9.08. The van der Waals surface area contributed by atoms with Gasteiger partial charge < -0.3 is 4.90 Å². The van der Waals surface area contributed by atoms with E-state index in [2.05, 4.69) is 0 Å². The second-order valence-electron chi connectivity index (χ2n) is 1.34. The second kappa shape index (κ2) is 4.88. The van der Waals surface area contributed by atoms with Crippen LogP contribution in [0.2, 0.25) is 0 Å². The number of hydrogen-bond donors (Lipinski definition) is 0. The van der Waals surface area contributed by atoms with E-state index in [0.717, 1.165) is 0 Å². The van der Waals surface area contributed by atoms with Gasteiger partial charge in [-0.1, -0.05) is 0 Å². The van der Waals surface area contributed by atoms with Gasteiger partial charge in [-0.25, -0.2) is 0 Å². The zero-order valence-corrected chi connectivity index (χ0v) is 8.19. The Bertz CT molecular complexity index is 11.6. The van der Waals surface area contributed by atoms with E-state index in [-0.39, 0.29) is 27.3 Å². The molecule has 0 aliphatic carbocycles. The Balaban J connectivity index is 0. The number of rotatable bonds is 0. The van der Waals surface area contributed by atoms with E-state index >= 15 is 0 Å². The predicted molar refractivity (Wildman–Crippen MR) is 19.6 cm³/mol. The van der Waals surface area contributed by atoms with Crippen molar-refractivity contribution in [1.29, 1.82) is 0 Å². The summed E-state index contributed by atoms with van der Waals surface area (Å²) in [5.74, 6) is 0. The molecular formula is C3H9CdN. The first-order valence-electron chi connectivity index (χ1n) is 1.34. The van der Waals surface area contributed by atoms with Gasteiger partial charge in [0, 0.05) is 27.3 Å². The van der Waals surface area contributed by atoms with Crippen LogP contribution < -0.4 is 0 Å². The average molecular weight is 172 g/mol. The summed E-state index contributed by atoms with van der Waals surface area (Å²) in [6, 6.07) is 0. The molecule has 0 atom stereocenters. The van der Waals surface area contributed by atoms with Crippen LogP contribution in [0.1, 0.15) is 0 Å². The van der Waals surface area contributed by atoms with Crippen LogP contribution in [0.25, 0.3) is 0 Å². The Hall–Kier alpha value is 0.882. The molecule has 28 valence electrons. The molecule has 0 unspecified atom stereocenters. The third-order valence-electron chi connectivity index (χ3n) is 0. The molecule has 0 fully saturated rings. The van der Waals surface area contributed by atoms with Crippen molar-refractivity contribution in [2.45, 2.75) is 0 Å². The molecule has 5 heavy (non-hydrogen) atoms. The topological polar surface area (TPSA) is 3.24 Å². The fourth-order valence-corrected chi connectivity index (χ4v) is 0. The molecule has 0 N–H and O–H groups in total. The van der Waals surface area contributed by atoms with Crippen LogP contribution in [0.4, 0.5) is 0 Å². The van der Waals surface area contributed by atoms with Crippen LogP contribution in [0.3, 0.4) is 0 Å². The van der Waals surface area contributed by atoms with E-state index in [1.54, 1.807) is 0 Å². The normalized spacial score (nSPS) is 7.20. The summed E-state index contributed by atoms with van der Waals surface area (Å²) < 4.78 is 0. The minimum absolute atomic E-state index is 0. The molecule has 0 aliphatic rings. The first-order chi connectivity index (χ1) is 1.73. The van der Waals surface area contributed by atoms with Crippen LogP contribution in [0.15, 0.2) is 0 Å². The van der Waals surface area contributed by atoms with Gasteiger partial charge in [-0.05, 0) is 21.1 Å². The minimum Gasteiger partial charge on any atom is -0.312 e. The molecule has 0 saturated heterocycles. The van der Waals surface area contributed by atoms with Gasteiger partial charge in [-0.15, -0.1) is 0 Å². The summed E-state index contributed by atoms with van der Waals surface area (Å²) in [5.41, 5.74) is 0. The van der Waals surface area contributed by atoms with E-state index in [9.17, 15) is 0 Å². The molecule has 1 nitrogen and oxygen atoms in total. The molecule has 0 aliphatic heterocycles. The summed E-state index contributed by atoms with van der Waals surface area (Å²) in [6.45, 7) is 0. The zero-order chi connectivity index (χ0) is 3.58. The van der Waals surface area contributed by atoms with Crippen molar-refractivity contribution < 1.29 is 27.3 Å². The fraction of sp³-hybridized carbons (Fsp3) is 1.00. The van der Waals surface area contributed by atoms with Gasteiger partial charge in [0.05, 0.1) is 0 Å². The molecular weight excluding hydrogens is 162 g/mol. The maximum absolute atomic E-state index is 2.00. The Labute approximate surface area is 53.5 Å². The summed E-state index contributed by atoms with van der Waals surface area (Å²) in [7, 11) is 6.00. The second-order valence-corrected chi connectivity index (χ2v) is 1.34. The number of hydrogen-bond acceptors (Lipinski definition) is 1. The number of nitrogens with zero attached hydrogens (tertiary/aromatic N) is 1. The Morgan fingerprint density at radius 2 is 1.00 bits per heavy atom. The molecule has 0 spiro atoms. The van der Waals surface area contributed by atoms with E-state index in [0.29, 0.717) is 0 Å². The maximum atomic E-state index is 2.00. The third kappa shape index (κ3) is 52.1. The molecule has 0 aromatic heterocycles. The summed E-state index contributed by atoms with van der Waals surface area (Å²) in [4.78, 5) is 2.00. The molecule has 0 amide bonds. The molecule has 2 heteroatoms. The van der Waals surface area contributed by atoms with Crippen LogP contribution in [0, 0.1) is 0 Å². The van der Waals surface area contributed by atoms with Crippen molar-refractivity contribution in [3.8, 4) is 0 Å². The van der Waals surface area contributed by atoms with Crippen molar-refractivity contribution in [3.63, 3.8) is 0 Å². The SMILES string of the molecule is CN(C)C.[Cd]. The summed E-state index contributed by atoms with van der Waals surface area (Å²) >= 11 is 0. The van der Waals surface area contributed by atoms with Crippen LogP contribution >= 0.6 is 0 Å². The fourth-order valence-electron chi connectivity index (χ4n) is 0. The average Bonchev–Trinajstić information content (AvgIpc) is 0.811. The first-order valence-corrected chi connectivity index (χ1v) is 1.34. The van der Waals surface area contributed by atoms with Crippen LogP contribution in [-0.2, 0) is 27.3 Å². The van der Waals surface area contributed by atoms with Gasteiger partial charge in [0.15, 0.2) is 0 Å². The van der Waals surface area contributed by atoms with Crippen molar-refractivity contribution in [3.05, 3.63) is 0 Å². The standard InChI is InChI=1S/C3H9N.Cd/c1-4(2)3;/h1-3H3;. The van der Waals surface area contributed by atoms with Gasteiger partial charge in [0.25, 0.3) is 0 Å². The van der Waals surface area contributed by atoms with Crippen LogP contribution in [-0.4, -0.2) is 26.0 Å². The summed E-state index contributed by atoms with van der Waals surface area (Å²) in [5, 5.41) is 0. The third-order valence-corrected chi connectivity index (χ3v) is 0. The van der Waals surface area contributed by atoms with Crippen molar-refractivity contribution in [2.24, 2.45) is 0 Å². The minimum atomic E-state index is 0. The molecule has 0 heterocycles. The van der Waals surface area contributed by atoms with E-state index < -0.39 is 0 Å². The molecule has 0 saturated carbocycles. The molecule has 0 bridgehead atoms. The monoisotopic (exact) mass is 173 g/mol. The molecule has 0 rings (SSSR count). The van der Waals surface area contributed by atoms with Crippen molar-refractivity contribution in [1.82, 2.24) is 4.90 Å². The predicted octanol–water partition coefficient (Wildman–Crippen LogP) is 0.175. The van der Waals surface area contributed by atoms with E-state index in [1.807, 2.05) is 26.0 Å². The first kappa shape index (κ1) is 9.30. The van der Waals surface area contributed by atoms with Gasteiger partial charge in [0.2, 0.25) is 0 Å². The van der Waals surface area contributed by atoms with E-state index in [4.69, 9.17) is 0 Å². The van der Waals surface area contributed by atoms with Gasteiger partial charge >= 0.3 is 0 Å². The van der Waals surface area contributed by atoms with Gasteiger partial charge in [0.1, 0.15) is 0 Å².